The zero-order valence-electron chi connectivity index (χ0n) is 7.55. The van der Waals surface area contributed by atoms with Crippen LogP contribution in [-0.4, -0.2) is 30.9 Å². The Morgan fingerprint density at radius 3 is 1.73 bits per heavy atom. The summed E-state index contributed by atoms with van der Waals surface area (Å²) < 4.78 is 0. The predicted molar refractivity (Wildman–Crippen MR) is 48.6 cm³/mol. The van der Waals surface area contributed by atoms with Gasteiger partial charge < -0.3 is 16.4 Å². The second-order valence-corrected chi connectivity index (χ2v) is 1.75. The molecule has 5 N–H and O–H groups in total. The minimum absolute atomic E-state index is 0.238. The number of rotatable bonds is 0. The maximum atomic E-state index is 6.70. The number of aliphatic imine (C=N–C) groups is 1. The van der Waals surface area contributed by atoms with Gasteiger partial charge in [0.05, 0.1) is 0 Å². The number of hydrogen-bond donors (Lipinski definition) is 3. The Labute approximate surface area is 67.6 Å². The van der Waals surface area contributed by atoms with E-state index in [1.165, 1.54) is 0 Å². The Morgan fingerprint density at radius 1 is 1.27 bits per heavy atom. The first kappa shape index (κ1) is 12.4. The van der Waals surface area contributed by atoms with Crippen LogP contribution in [0.3, 0.4) is 0 Å². The second-order valence-electron chi connectivity index (χ2n) is 1.75. The molecule has 0 unspecified atom stereocenters. The first-order chi connectivity index (χ1) is 5.04. The van der Waals surface area contributed by atoms with Gasteiger partial charge in [0.25, 0.3) is 0 Å². The molecule has 0 radical (unpaired) electrons. The highest BCUT2D eigenvalue weighted by Gasteiger charge is 1.92. The standard InChI is InChI=1S/C4H11N5.C2H6/c1-9(2)4(7)8-3(5)6;1-2/h1-2H3,(H5,5,6,7,8);1-2H3. The molecule has 0 rings (SSSR count). The minimum atomic E-state index is -0.277. The fourth-order valence-corrected chi connectivity index (χ4v) is 0.223. The third-order valence-corrected chi connectivity index (χ3v) is 0.693. The van der Waals surface area contributed by atoms with Crippen molar-refractivity contribution < 1.29 is 0 Å². The Kier molecular flexibility index (Phi) is 7.74. The molecular formula is C6H17N5. The number of nitrogens with one attached hydrogen (secondary N) is 1. The van der Waals surface area contributed by atoms with E-state index in [2.05, 4.69) is 4.99 Å². The van der Waals surface area contributed by atoms with Gasteiger partial charge in [-0.05, 0) is 0 Å². The molecule has 0 atom stereocenters. The maximum Gasteiger partial charge on any atom is 0.215 e. The van der Waals surface area contributed by atoms with E-state index in [1.54, 1.807) is 19.0 Å². The highest BCUT2D eigenvalue weighted by Crippen LogP contribution is 1.73. The van der Waals surface area contributed by atoms with Gasteiger partial charge in [-0.2, -0.15) is 4.99 Å². The molecular weight excluding hydrogens is 142 g/mol. The van der Waals surface area contributed by atoms with E-state index in [9.17, 15) is 0 Å². The molecule has 0 bridgehead atoms. The van der Waals surface area contributed by atoms with Gasteiger partial charge in [0.2, 0.25) is 5.96 Å². The van der Waals surface area contributed by atoms with E-state index in [-0.39, 0.29) is 11.9 Å². The first-order valence-electron chi connectivity index (χ1n) is 3.39. The van der Waals surface area contributed by atoms with Crippen molar-refractivity contribution in [3.8, 4) is 0 Å². The van der Waals surface area contributed by atoms with Crippen molar-refractivity contribution >= 4 is 11.9 Å². The molecule has 0 aromatic carbocycles. The van der Waals surface area contributed by atoms with Crippen LogP contribution < -0.4 is 11.5 Å². The van der Waals surface area contributed by atoms with Crippen LogP contribution in [0.2, 0.25) is 0 Å². The van der Waals surface area contributed by atoms with Gasteiger partial charge in [0.15, 0.2) is 5.96 Å². The zero-order chi connectivity index (χ0) is 9.44. The van der Waals surface area contributed by atoms with Crippen molar-refractivity contribution in [2.24, 2.45) is 16.5 Å². The Hall–Kier alpha value is -1.26. The number of nitrogens with two attached hydrogens (primary N) is 2. The molecule has 0 aliphatic rings. The molecule has 0 saturated carbocycles. The van der Waals surface area contributed by atoms with Crippen LogP contribution >= 0.6 is 0 Å². The van der Waals surface area contributed by atoms with Gasteiger partial charge in [-0.15, -0.1) is 0 Å². The number of guanidine groups is 2. The summed E-state index contributed by atoms with van der Waals surface area (Å²) >= 11 is 0. The smallest absolute Gasteiger partial charge is 0.215 e. The lowest BCUT2D eigenvalue weighted by Gasteiger charge is -2.08. The van der Waals surface area contributed by atoms with E-state index in [4.69, 9.17) is 16.9 Å². The molecule has 0 aromatic rings. The summed E-state index contributed by atoms with van der Waals surface area (Å²) in [6, 6.07) is 0. The monoisotopic (exact) mass is 159 g/mol. The maximum absolute atomic E-state index is 6.70. The van der Waals surface area contributed by atoms with E-state index >= 15 is 0 Å². The van der Waals surface area contributed by atoms with Crippen LogP contribution in [0, 0.1) is 5.41 Å². The van der Waals surface area contributed by atoms with E-state index in [1.807, 2.05) is 13.8 Å². The molecule has 0 saturated heterocycles. The molecule has 0 heterocycles. The molecule has 0 aliphatic carbocycles. The molecule has 11 heavy (non-hydrogen) atoms. The molecule has 5 nitrogen and oxygen atoms in total. The molecule has 0 fully saturated rings. The molecule has 66 valence electrons. The van der Waals surface area contributed by atoms with Gasteiger partial charge in [0, 0.05) is 14.1 Å². The Morgan fingerprint density at radius 2 is 1.64 bits per heavy atom. The average molecular weight is 159 g/mol. The van der Waals surface area contributed by atoms with E-state index in [0.717, 1.165) is 0 Å². The lowest BCUT2D eigenvalue weighted by molar-refractivity contribution is 0.615. The summed E-state index contributed by atoms with van der Waals surface area (Å²) in [6.07, 6.45) is 0. The quantitative estimate of drug-likeness (QED) is 0.337. The van der Waals surface area contributed by atoms with Crippen molar-refractivity contribution in [3.63, 3.8) is 0 Å². The number of hydrogen-bond acceptors (Lipinski definition) is 1. The van der Waals surface area contributed by atoms with Crippen molar-refractivity contribution in [2.45, 2.75) is 13.8 Å². The molecule has 0 spiro atoms. The second kappa shape index (κ2) is 6.85. The van der Waals surface area contributed by atoms with Gasteiger partial charge >= 0.3 is 0 Å². The van der Waals surface area contributed by atoms with Crippen LogP contribution in [0.1, 0.15) is 13.8 Å². The Bertz CT molecular complexity index is 138. The lowest BCUT2D eigenvalue weighted by Crippen LogP contribution is -2.32. The highest BCUT2D eigenvalue weighted by atomic mass is 15.2. The first-order valence-corrected chi connectivity index (χ1v) is 3.39. The van der Waals surface area contributed by atoms with E-state index in [0.29, 0.717) is 0 Å². The summed E-state index contributed by atoms with van der Waals surface area (Å²) in [5, 5.41) is 6.70. The fourth-order valence-electron chi connectivity index (χ4n) is 0.223. The van der Waals surface area contributed by atoms with Crippen molar-refractivity contribution in [1.82, 2.24) is 4.90 Å². The van der Waals surface area contributed by atoms with Gasteiger partial charge in [-0.25, -0.2) is 0 Å². The summed E-state index contributed by atoms with van der Waals surface area (Å²) in [7, 11) is 3.45. The third kappa shape index (κ3) is 8.74. The van der Waals surface area contributed by atoms with Crippen molar-refractivity contribution in [1.29, 1.82) is 5.41 Å². The van der Waals surface area contributed by atoms with Crippen molar-refractivity contribution in [3.05, 3.63) is 0 Å². The largest absolute Gasteiger partial charge is 0.369 e. The lowest BCUT2D eigenvalue weighted by atomic mass is 10.8. The molecule has 0 aromatic heterocycles. The predicted octanol–water partition coefficient (Wildman–Crippen LogP) is -0.218. The van der Waals surface area contributed by atoms with Gasteiger partial charge in [-0.1, -0.05) is 13.8 Å². The summed E-state index contributed by atoms with van der Waals surface area (Å²) in [6.45, 7) is 4.00. The average Bonchev–Trinajstić information content (AvgIpc) is 1.90. The minimum Gasteiger partial charge on any atom is -0.369 e. The van der Waals surface area contributed by atoms with Crippen LogP contribution in [-0.2, 0) is 0 Å². The van der Waals surface area contributed by atoms with Crippen LogP contribution in [0.15, 0.2) is 4.99 Å². The zero-order valence-corrected chi connectivity index (χ0v) is 7.55. The highest BCUT2D eigenvalue weighted by molar-refractivity contribution is 5.91. The van der Waals surface area contributed by atoms with Crippen LogP contribution in [0.5, 0.6) is 0 Å². The molecule has 5 heteroatoms. The third-order valence-electron chi connectivity index (χ3n) is 0.693. The SMILES string of the molecule is CC.CN(C)/C(N)=N/C(=N)N. The molecule has 0 amide bonds. The van der Waals surface area contributed by atoms with Gasteiger partial charge in [0.1, 0.15) is 0 Å². The summed E-state index contributed by atoms with van der Waals surface area (Å²) in [4.78, 5) is 5.03. The van der Waals surface area contributed by atoms with E-state index < -0.39 is 0 Å². The van der Waals surface area contributed by atoms with Crippen molar-refractivity contribution in [2.75, 3.05) is 14.1 Å². The normalized spacial score (nSPS) is 9.64. The number of nitrogens with zero attached hydrogens (tertiary/aromatic N) is 2. The van der Waals surface area contributed by atoms with Gasteiger partial charge in [-0.3, -0.25) is 5.41 Å². The topological polar surface area (TPSA) is 91.5 Å². The summed E-state index contributed by atoms with van der Waals surface area (Å²) in [5.74, 6) is -0.0382. The Balaban J connectivity index is 0. The van der Waals surface area contributed by atoms with Crippen LogP contribution in [0.25, 0.3) is 0 Å². The summed E-state index contributed by atoms with van der Waals surface area (Å²) in [5.41, 5.74) is 10.2. The molecule has 0 aliphatic heterocycles. The fraction of sp³-hybridized carbons (Fsp3) is 0.667. The van der Waals surface area contributed by atoms with Crippen LogP contribution in [0.4, 0.5) is 0 Å².